The predicted octanol–water partition coefficient (Wildman–Crippen LogP) is 3.89. The molecule has 138 valence electrons. The molecule has 0 fully saturated rings. The van der Waals surface area contributed by atoms with Gasteiger partial charge in [0.2, 0.25) is 5.95 Å². The lowest BCUT2D eigenvalue weighted by molar-refractivity contribution is 0.0752. The predicted molar refractivity (Wildman–Crippen MR) is 105 cm³/mol. The van der Waals surface area contributed by atoms with Crippen molar-refractivity contribution in [3.05, 3.63) is 78.1 Å². The number of amides is 1. The fourth-order valence-electron chi connectivity index (χ4n) is 2.62. The van der Waals surface area contributed by atoms with Gasteiger partial charge in [0.05, 0.1) is 12.7 Å². The molecule has 0 aliphatic rings. The minimum absolute atomic E-state index is 0.0858. The van der Waals surface area contributed by atoms with E-state index in [0.29, 0.717) is 24.6 Å². The standard InChI is InChI=1S/C21H22N4O2/c1-3-25(15-16-7-5-4-6-8-16)20(26)17-13-22-21(23-14-17)24-18-9-11-19(27-2)12-10-18/h4-14H,3,15H2,1-2H3,(H,22,23,24). The van der Waals surface area contributed by atoms with E-state index in [-0.39, 0.29) is 5.91 Å². The molecule has 0 atom stereocenters. The van der Waals surface area contributed by atoms with Crippen molar-refractivity contribution in [3.8, 4) is 5.75 Å². The van der Waals surface area contributed by atoms with Crippen molar-refractivity contribution in [2.24, 2.45) is 0 Å². The van der Waals surface area contributed by atoms with E-state index in [1.807, 2.05) is 61.5 Å². The first-order valence-electron chi connectivity index (χ1n) is 8.76. The maximum absolute atomic E-state index is 12.7. The van der Waals surface area contributed by atoms with E-state index in [2.05, 4.69) is 15.3 Å². The largest absolute Gasteiger partial charge is 0.497 e. The monoisotopic (exact) mass is 362 g/mol. The number of anilines is 2. The number of benzene rings is 2. The van der Waals surface area contributed by atoms with Crippen LogP contribution in [0, 0.1) is 0 Å². The Morgan fingerprint density at radius 1 is 1.04 bits per heavy atom. The minimum atomic E-state index is -0.0858. The molecule has 27 heavy (non-hydrogen) atoms. The summed E-state index contributed by atoms with van der Waals surface area (Å²) >= 11 is 0. The van der Waals surface area contributed by atoms with Gasteiger partial charge in [-0.05, 0) is 36.8 Å². The molecule has 6 heteroatoms. The first kappa shape index (κ1) is 18.4. The van der Waals surface area contributed by atoms with Crippen LogP contribution >= 0.6 is 0 Å². The summed E-state index contributed by atoms with van der Waals surface area (Å²) < 4.78 is 5.14. The third-order valence-electron chi connectivity index (χ3n) is 4.13. The first-order chi connectivity index (χ1) is 13.2. The van der Waals surface area contributed by atoms with Crippen molar-refractivity contribution in [2.45, 2.75) is 13.5 Å². The molecular weight excluding hydrogens is 340 g/mol. The summed E-state index contributed by atoms with van der Waals surface area (Å²) in [4.78, 5) is 23.0. The fraction of sp³-hybridized carbons (Fsp3) is 0.190. The molecule has 2 aromatic carbocycles. The average molecular weight is 362 g/mol. The normalized spacial score (nSPS) is 10.3. The number of ether oxygens (including phenoxy) is 1. The summed E-state index contributed by atoms with van der Waals surface area (Å²) in [6.07, 6.45) is 3.10. The van der Waals surface area contributed by atoms with Crippen LogP contribution in [0.1, 0.15) is 22.8 Å². The van der Waals surface area contributed by atoms with Gasteiger partial charge < -0.3 is 15.0 Å². The van der Waals surface area contributed by atoms with Gasteiger partial charge in [0.15, 0.2) is 0 Å². The van der Waals surface area contributed by atoms with Crippen LogP contribution in [0.25, 0.3) is 0 Å². The lowest BCUT2D eigenvalue weighted by Crippen LogP contribution is -2.30. The molecule has 6 nitrogen and oxygen atoms in total. The molecule has 1 aromatic heterocycles. The van der Waals surface area contributed by atoms with Crippen molar-refractivity contribution < 1.29 is 9.53 Å². The zero-order valence-electron chi connectivity index (χ0n) is 15.4. The van der Waals surface area contributed by atoms with Crippen LogP contribution in [-0.2, 0) is 6.54 Å². The highest BCUT2D eigenvalue weighted by molar-refractivity contribution is 5.93. The van der Waals surface area contributed by atoms with Crippen LogP contribution in [0.2, 0.25) is 0 Å². The number of carbonyl (C=O) groups is 1. The Morgan fingerprint density at radius 2 is 1.70 bits per heavy atom. The topological polar surface area (TPSA) is 67.4 Å². The lowest BCUT2D eigenvalue weighted by Gasteiger charge is -2.20. The summed E-state index contributed by atoms with van der Waals surface area (Å²) in [6.45, 7) is 3.13. The van der Waals surface area contributed by atoms with E-state index >= 15 is 0 Å². The fourth-order valence-corrected chi connectivity index (χ4v) is 2.62. The van der Waals surface area contributed by atoms with Gasteiger partial charge in [-0.3, -0.25) is 4.79 Å². The highest BCUT2D eigenvalue weighted by Gasteiger charge is 2.15. The first-order valence-corrected chi connectivity index (χ1v) is 8.76. The SMILES string of the molecule is CCN(Cc1ccccc1)C(=O)c1cnc(Nc2ccc(OC)cc2)nc1. The van der Waals surface area contributed by atoms with Crippen LogP contribution in [-0.4, -0.2) is 34.4 Å². The quantitative estimate of drug-likeness (QED) is 0.691. The Labute approximate surface area is 158 Å². The van der Waals surface area contributed by atoms with Gasteiger partial charge in [-0.15, -0.1) is 0 Å². The number of rotatable bonds is 7. The molecule has 1 amide bonds. The van der Waals surface area contributed by atoms with Crippen LogP contribution in [0.4, 0.5) is 11.6 Å². The van der Waals surface area contributed by atoms with Crippen molar-refractivity contribution in [2.75, 3.05) is 19.0 Å². The minimum Gasteiger partial charge on any atom is -0.497 e. The van der Waals surface area contributed by atoms with E-state index < -0.39 is 0 Å². The second kappa shape index (κ2) is 8.80. The Kier molecular flexibility index (Phi) is 5.99. The van der Waals surface area contributed by atoms with Gasteiger partial charge in [-0.2, -0.15) is 0 Å². The van der Waals surface area contributed by atoms with E-state index in [1.165, 1.54) is 0 Å². The molecular formula is C21H22N4O2. The molecule has 3 aromatic rings. The Bertz CT molecular complexity index is 865. The molecule has 3 rings (SSSR count). The Morgan fingerprint density at radius 3 is 2.30 bits per heavy atom. The second-order valence-corrected chi connectivity index (χ2v) is 5.95. The summed E-state index contributed by atoms with van der Waals surface area (Å²) in [7, 11) is 1.62. The van der Waals surface area contributed by atoms with Gasteiger partial charge >= 0.3 is 0 Å². The molecule has 0 bridgehead atoms. The highest BCUT2D eigenvalue weighted by Crippen LogP contribution is 2.18. The Balaban J connectivity index is 1.66. The number of hydrogen-bond acceptors (Lipinski definition) is 5. The summed E-state index contributed by atoms with van der Waals surface area (Å²) in [5, 5.41) is 3.10. The molecule has 0 unspecified atom stereocenters. The third-order valence-corrected chi connectivity index (χ3v) is 4.13. The smallest absolute Gasteiger partial charge is 0.257 e. The zero-order chi connectivity index (χ0) is 19.1. The summed E-state index contributed by atoms with van der Waals surface area (Å²) in [5.74, 6) is 1.13. The van der Waals surface area contributed by atoms with Gasteiger partial charge in [0, 0.05) is 31.2 Å². The van der Waals surface area contributed by atoms with Crippen molar-refractivity contribution in [1.82, 2.24) is 14.9 Å². The summed E-state index contributed by atoms with van der Waals surface area (Å²) in [5.41, 5.74) is 2.40. The number of aromatic nitrogens is 2. The van der Waals surface area contributed by atoms with Crippen LogP contribution in [0.15, 0.2) is 67.0 Å². The number of carbonyl (C=O) groups excluding carboxylic acids is 1. The number of hydrogen-bond donors (Lipinski definition) is 1. The van der Waals surface area contributed by atoms with E-state index in [9.17, 15) is 4.79 Å². The van der Waals surface area contributed by atoms with E-state index in [4.69, 9.17) is 4.74 Å². The van der Waals surface area contributed by atoms with Crippen molar-refractivity contribution in [1.29, 1.82) is 0 Å². The van der Waals surface area contributed by atoms with Crippen LogP contribution in [0.5, 0.6) is 5.75 Å². The molecule has 0 saturated carbocycles. The van der Waals surface area contributed by atoms with Crippen molar-refractivity contribution >= 4 is 17.5 Å². The Hall–Kier alpha value is -3.41. The third kappa shape index (κ3) is 4.82. The van der Waals surface area contributed by atoms with Gasteiger partial charge in [-0.1, -0.05) is 30.3 Å². The maximum Gasteiger partial charge on any atom is 0.257 e. The van der Waals surface area contributed by atoms with E-state index in [0.717, 1.165) is 17.0 Å². The van der Waals surface area contributed by atoms with Crippen LogP contribution in [0.3, 0.4) is 0 Å². The number of methoxy groups -OCH3 is 1. The van der Waals surface area contributed by atoms with Gasteiger partial charge in [-0.25, -0.2) is 9.97 Å². The zero-order valence-corrected chi connectivity index (χ0v) is 15.4. The molecule has 1 N–H and O–H groups in total. The molecule has 0 aliphatic heterocycles. The molecule has 0 spiro atoms. The van der Waals surface area contributed by atoms with E-state index in [1.54, 1.807) is 24.4 Å². The highest BCUT2D eigenvalue weighted by atomic mass is 16.5. The maximum atomic E-state index is 12.7. The number of nitrogens with one attached hydrogen (secondary N) is 1. The average Bonchev–Trinajstić information content (AvgIpc) is 2.73. The van der Waals surface area contributed by atoms with Crippen molar-refractivity contribution in [3.63, 3.8) is 0 Å². The lowest BCUT2D eigenvalue weighted by atomic mass is 10.2. The second-order valence-electron chi connectivity index (χ2n) is 5.95. The van der Waals surface area contributed by atoms with Gasteiger partial charge in [0.25, 0.3) is 5.91 Å². The molecule has 1 heterocycles. The van der Waals surface area contributed by atoms with Crippen LogP contribution < -0.4 is 10.1 Å². The number of nitrogens with zero attached hydrogens (tertiary/aromatic N) is 3. The van der Waals surface area contributed by atoms with Gasteiger partial charge in [0.1, 0.15) is 5.75 Å². The molecule has 0 radical (unpaired) electrons. The summed E-state index contributed by atoms with van der Waals surface area (Å²) in [6, 6.07) is 17.4. The molecule has 0 aliphatic carbocycles. The molecule has 0 saturated heterocycles.